The van der Waals surface area contributed by atoms with Gasteiger partial charge in [-0.05, 0) is 42.7 Å². The average molecular weight is 497 g/mol. The van der Waals surface area contributed by atoms with Crippen LogP contribution in [0.5, 0.6) is 0 Å². The zero-order valence-corrected chi connectivity index (χ0v) is 20.2. The summed E-state index contributed by atoms with van der Waals surface area (Å²) in [7, 11) is -1.78. The van der Waals surface area contributed by atoms with Gasteiger partial charge in [0.2, 0.25) is 0 Å². The van der Waals surface area contributed by atoms with Crippen molar-refractivity contribution >= 4 is 37.3 Å². The van der Waals surface area contributed by atoms with Crippen LogP contribution in [-0.2, 0) is 28.2 Å². The molecule has 1 N–H and O–H groups in total. The number of carbonyl (C=O) groups is 1. The highest BCUT2D eigenvalue weighted by molar-refractivity contribution is 7.90. The Morgan fingerprint density at radius 2 is 1.88 bits per heavy atom. The summed E-state index contributed by atoms with van der Waals surface area (Å²) in [5, 5.41) is 15.1. The Kier molecular flexibility index (Phi) is 5.75. The number of nitrogens with zero attached hydrogens (tertiary/aromatic N) is 4. The average Bonchev–Trinajstić information content (AvgIpc) is 3.48. The Bertz CT molecular complexity index is 1450. The first kappa shape index (κ1) is 22.7. The molecule has 1 aliphatic heterocycles. The first-order valence-corrected chi connectivity index (χ1v) is 13.4. The molecule has 0 aliphatic carbocycles. The molecule has 2 aromatic carbocycles. The van der Waals surface area contributed by atoms with Crippen molar-refractivity contribution in [1.82, 2.24) is 19.7 Å². The minimum Gasteiger partial charge on any atom is -0.385 e. The minimum absolute atomic E-state index is 0.130. The van der Waals surface area contributed by atoms with Gasteiger partial charge in [0, 0.05) is 37.5 Å². The molecule has 0 radical (unpaired) electrons. The lowest BCUT2D eigenvalue weighted by molar-refractivity contribution is -0.0212. The second kappa shape index (κ2) is 8.61. The predicted molar refractivity (Wildman–Crippen MR) is 129 cm³/mol. The van der Waals surface area contributed by atoms with Gasteiger partial charge in [-0.1, -0.05) is 18.2 Å². The molecule has 1 saturated heterocycles. The number of aryl methyl sites for hydroxylation is 1. The third-order valence-electron chi connectivity index (χ3n) is 6.34. The second-order valence-corrected chi connectivity index (χ2v) is 11.5. The van der Waals surface area contributed by atoms with Crippen LogP contribution in [-0.4, -0.2) is 52.2 Å². The Hall–Kier alpha value is -3.08. The Morgan fingerprint density at radius 1 is 1.15 bits per heavy atom. The maximum absolute atomic E-state index is 13.0. The molecular weight excluding hydrogens is 472 g/mol. The van der Waals surface area contributed by atoms with Crippen LogP contribution in [0.15, 0.2) is 65.3 Å². The minimum atomic E-state index is -3.59. The topological polar surface area (TPSA) is 105 Å². The van der Waals surface area contributed by atoms with Crippen molar-refractivity contribution in [2.75, 3.05) is 13.1 Å². The highest BCUT2D eigenvalue weighted by atomic mass is 32.2. The van der Waals surface area contributed by atoms with Crippen LogP contribution in [0, 0.1) is 0 Å². The second-order valence-electron chi connectivity index (χ2n) is 8.64. The molecule has 4 aromatic rings. The van der Waals surface area contributed by atoms with Crippen LogP contribution in [0.4, 0.5) is 0 Å². The zero-order valence-electron chi connectivity index (χ0n) is 18.6. The summed E-state index contributed by atoms with van der Waals surface area (Å²) in [5.41, 5.74) is 3.02. The van der Waals surface area contributed by atoms with Gasteiger partial charge in [0.15, 0.2) is 9.84 Å². The summed E-state index contributed by atoms with van der Waals surface area (Å²) in [5.74, 6) is -0.296. The quantitative estimate of drug-likeness (QED) is 0.455. The number of hydrogen-bond donors (Lipinski definition) is 1. The van der Waals surface area contributed by atoms with E-state index in [0.717, 1.165) is 10.3 Å². The van der Waals surface area contributed by atoms with E-state index in [1.165, 1.54) is 11.3 Å². The number of carbonyl (C=O) groups excluding carboxylic acids is 1. The molecule has 2 aromatic heterocycles. The molecular formula is C24H24N4O4S2. The van der Waals surface area contributed by atoms with E-state index >= 15 is 0 Å². The number of sulfone groups is 1. The lowest BCUT2D eigenvalue weighted by atomic mass is 9.86. The highest BCUT2D eigenvalue weighted by Crippen LogP contribution is 2.33. The number of piperidine rings is 1. The van der Waals surface area contributed by atoms with E-state index in [-0.39, 0.29) is 16.6 Å². The monoisotopic (exact) mass is 496 g/mol. The largest absolute Gasteiger partial charge is 0.385 e. The molecule has 1 amide bonds. The lowest BCUT2D eigenvalue weighted by Gasteiger charge is -2.37. The summed E-state index contributed by atoms with van der Waals surface area (Å²) in [6, 6.07) is 11.9. The fourth-order valence-electron chi connectivity index (χ4n) is 4.36. The van der Waals surface area contributed by atoms with Gasteiger partial charge in [-0.15, -0.1) is 11.3 Å². The van der Waals surface area contributed by atoms with Crippen LogP contribution in [0.3, 0.4) is 0 Å². The third kappa shape index (κ3) is 4.24. The molecule has 0 bridgehead atoms. The number of hydrogen-bond acceptors (Lipinski definition) is 7. The van der Waals surface area contributed by atoms with Crippen molar-refractivity contribution < 1.29 is 18.3 Å². The molecule has 8 nitrogen and oxygen atoms in total. The number of fused-ring (bicyclic) bond motifs is 1. The molecule has 1 fully saturated rings. The molecule has 0 unspecified atom stereocenters. The maximum atomic E-state index is 13.0. The molecule has 10 heteroatoms. The number of thiazole rings is 1. The fourth-order valence-corrected chi connectivity index (χ4v) is 6.66. The summed E-state index contributed by atoms with van der Waals surface area (Å²) >= 11 is 1.40. The van der Waals surface area contributed by atoms with Crippen LogP contribution in [0.1, 0.15) is 34.3 Å². The van der Waals surface area contributed by atoms with E-state index in [0.29, 0.717) is 42.6 Å². The smallest absolute Gasteiger partial charge is 0.253 e. The van der Waals surface area contributed by atoms with Crippen LogP contribution in [0.2, 0.25) is 0 Å². The predicted octanol–water partition coefficient (Wildman–Crippen LogP) is 3.13. The van der Waals surface area contributed by atoms with Crippen LogP contribution < -0.4 is 0 Å². The van der Waals surface area contributed by atoms with Gasteiger partial charge < -0.3 is 10.0 Å². The van der Waals surface area contributed by atoms with Gasteiger partial charge in [-0.3, -0.25) is 9.48 Å². The van der Waals surface area contributed by atoms with Gasteiger partial charge in [0.25, 0.3) is 5.91 Å². The number of rotatable bonds is 5. The lowest BCUT2D eigenvalue weighted by Crippen LogP contribution is -2.45. The normalized spacial score (nSPS) is 16.1. The van der Waals surface area contributed by atoms with Crippen LogP contribution in [0.25, 0.3) is 10.2 Å². The van der Waals surface area contributed by atoms with Gasteiger partial charge in [0.05, 0.1) is 38.2 Å². The van der Waals surface area contributed by atoms with Crippen molar-refractivity contribution in [3.8, 4) is 0 Å². The van der Waals surface area contributed by atoms with Gasteiger partial charge in [-0.25, -0.2) is 13.4 Å². The van der Waals surface area contributed by atoms with E-state index in [4.69, 9.17) is 0 Å². The fraction of sp³-hybridized carbons (Fsp3) is 0.292. The number of aromatic nitrogens is 3. The number of amides is 1. The van der Waals surface area contributed by atoms with Crippen molar-refractivity contribution in [3.05, 3.63) is 77.1 Å². The summed E-state index contributed by atoms with van der Waals surface area (Å²) < 4.78 is 28.5. The first-order chi connectivity index (χ1) is 16.2. The van der Waals surface area contributed by atoms with E-state index in [1.807, 2.05) is 6.07 Å². The Morgan fingerprint density at radius 3 is 2.56 bits per heavy atom. The molecule has 0 saturated carbocycles. The van der Waals surface area contributed by atoms with Crippen molar-refractivity contribution in [2.24, 2.45) is 7.05 Å². The standard InChI is InChI=1S/C24H24N4O4S2/c1-27-14-19(13-26-27)24(30)9-11-28(12-10-24)23(29)18-7-5-17(6-8-18)15-34(31,32)21-4-2-3-20-22(21)25-16-33-20/h2-8,13-14,16,30H,9-12,15H2,1H3. The molecule has 0 atom stereocenters. The molecule has 0 spiro atoms. The summed E-state index contributed by atoms with van der Waals surface area (Å²) in [4.78, 5) is 19.1. The van der Waals surface area contributed by atoms with E-state index < -0.39 is 15.4 Å². The van der Waals surface area contributed by atoms with Gasteiger partial charge in [0.1, 0.15) is 0 Å². The zero-order chi connectivity index (χ0) is 23.9. The van der Waals surface area contributed by atoms with E-state index in [1.54, 1.807) is 70.9 Å². The number of aliphatic hydroxyl groups is 1. The molecule has 176 valence electrons. The first-order valence-electron chi connectivity index (χ1n) is 10.9. The molecule has 1 aliphatic rings. The Balaban J connectivity index is 1.26. The van der Waals surface area contributed by atoms with Crippen molar-refractivity contribution in [3.63, 3.8) is 0 Å². The maximum Gasteiger partial charge on any atom is 0.253 e. The molecule has 5 rings (SSSR count). The highest BCUT2D eigenvalue weighted by Gasteiger charge is 2.36. The Labute approximate surface area is 201 Å². The summed E-state index contributed by atoms with van der Waals surface area (Å²) in [6.45, 7) is 0.857. The third-order valence-corrected chi connectivity index (χ3v) is 8.84. The van der Waals surface area contributed by atoms with Crippen molar-refractivity contribution in [2.45, 2.75) is 29.1 Å². The van der Waals surface area contributed by atoms with Gasteiger partial charge >= 0.3 is 0 Å². The van der Waals surface area contributed by atoms with Crippen LogP contribution >= 0.6 is 11.3 Å². The number of para-hydroxylation sites is 1. The van der Waals surface area contributed by atoms with E-state index in [2.05, 4.69) is 10.1 Å². The number of likely N-dealkylation sites (tertiary alicyclic amines) is 1. The SMILES string of the molecule is Cn1cc(C2(O)CCN(C(=O)c3ccc(CS(=O)(=O)c4cccc5scnc45)cc3)CC2)cn1. The summed E-state index contributed by atoms with van der Waals surface area (Å²) in [6.07, 6.45) is 4.34. The van der Waals surface area contributed by atoms with Gasteiger partial charge in [-0.2, -0.15) is 5.10 Å². The molecule has 34 heavy (non-hydrogen) atoms. The van der Waals surface area contributed by atoms with Crippen molar-refractivity contribution in [1.29, 1.82) is 0 Å². The number of benzene rings is 2. The van der Waals surface area contributed by atoms with E-state index in [9.17, 15) is 18.3 Å². The molecule has 3 heterocycles.